The van der Waals surface area contributed by atoms with Crippen LogP contribution < -0.4 is 10.6 Å². The van der Waals surface area contributed by atoms with Gasteiger partial charge >= 0.3 is 0 Å². The molecule has 18 heavy (non-hydrogen) atoms. The van der Waals surface area contributed by atoms with Gasteiger partial charge in [0.05, 0.1) is 5.41 Å². The van der Waals surface area contributed by atoms with Crippen LogP contribution in [0.5, 0.6) is 0 Å². The van der Waals surface area contributed by atoms with Crippen LogP contribution in [0.4, 0.5) is 0 Å². The first-order valence-corrected chi connectivity index (χ1v) is 8.62. The van der Waals surface area contributed by atoms with Crippen LogP contribution in [0.2, 0.25) is 0 Å². The maximum atomic E-state index is 12.3. The van der Waals surface area contributed by atoms with Crippen molar-refractivity contribution in [2.24, 2.45) is 5.41 Å². The van der Waals surface area contributed by atoms with Gasteiger partial charge in [-0.05, 0) is 50.7 Å². The van der Waals surface area contributed by atoms with Crippen LogP contribution in [-0.4, -0.2) is 37.6 Å². The van der Waals surface area contributed by atoms with Crippen molar-refractivity contribution in [3.05, 3.63) is 0 Å². The molecular formula is C14H28N2OS. The highest BCUT2D eigenvalue weighted by molar-refractivity contribution is 7.98. The molecule has 1 aliphatic heterocycles. The number of rotatable bonds is 8. The number of carbonyl (C=O) groups excluding carboxylic acids is 1. The molecule has 0 aliphatic carbocycles. The molecule has 0 saturated carbocycles. The van der Waals surface area contributed by atoms with Crippen molar-refractivity contribution < 1.29 is 4.79 Å². The Kier molecular flexibility index (Phi) is 7.75. The Hall–Kier alpha value is -0.220. The SMILES string of the molecule is CCC1(C(=O)NCCCCCSC)CCCNC1. The molecule has 0 aromatic heterocycles. The van der Waals surface area contributed by atoms with Crippen LogP contribution in [-0.2, 0) is 4.79 Å². The molecule has 1 saturated heterocycles. The Bertz CT molecular complexity index is 240. The van der Waals surface area contributed by atoms with Gasteiger partial charge in [-0.3, -0.25) is 4.79 Å². The van der Waals surface area contributed by atoms with E-state index < -0.39 is 0 Å². The molecule has 3 nitrogen and oxygen atoms in total. The minimum absolute atomic E-state index is 0.141. The van der Waals surface area contributed by atoms with E-state index in [1.807, 2.05) is 11.8 Å². The third-order valence-electron chi connectivity index (χ3n) is 3.94. The minimum atomic E-state index is -0.141. The summed E-state index contributed by atoms with van der Waals surface area (Å²) in [5.41, 5.74) is -0.141. The highest BCUT2D eigenvalue weighted by Crippen LogP contribution is 2.30. The van der Waals surface area contributed by atoms with Crippen molar-refractivity contribution >= 4 is 17.7 Å². The first-order chi connectivity index (χ1) is 8.75. The van der Waals surface area contributed by atoms with Crippen molar-refractivity contribution in [2.75, 3.05) is 31.6 Å². The molecule has 1 heterocycles. The molecule has 0 radical (unpaired) electrons. The normalized spacial score (nSPS) is 23.9. The van der Waals surface area contributed by atoms with Crippen molar-refractivity contribution in [3.63, 3.8) is 0 Å². The van der Waals surface area contributed by atoms with E-state index in [1.54, 1.807) is 0 Å². The summed E-state index contributed by atoms with van der Waals surface area (Å²) in [6.45, 7) is 4.88. The third-order valence-corrected chi connectivity index (χ3v) is 4.64. The van der Waals surface area contributed by atoms with Crippen LogP contribution in [0.3, 0.4) is 0 Å². The molecule has 1 aliphatic rings. The fourth-order valence-corrected chi connectivity index (χ4v) is 3.05. The standard InChI is InChI=1S/C14H28N2OS/c1-3-14(8-7-9-15-12-14)13(17)16-10-5-4-6-11-18-2/h15H,3-12H2,1-2H3,(H,16,17). The van der Waals surface area contributed by atoms with Gasteiger partial charge in [0.2, 0.25) is 5.91 Å². The van der Waals surface area contributed by atoms with Crippen LogP contribution >= 0.6 is 11.8 Å². The van der Waals surface area contributed by atoms with Crippen LogP contribution in [0, 0.1) is 5.41 Å². The van der Waals surface area contributed by atoms with E-state index in [0.29, 0.717) is 0 Å². The largest absolute Gasteiger partial charge is 0.356 e. The lowest BCUT2D eigenvalue weighted by molar-refractivity contribution is -0.132. The highest BCUT2D eigenvalue weighted by atomic mass is 32.2. The zero-order valence-electron chi connectivity index (χ0n) is 11.9. The fraction of sp³-hybridized carbons (Fsp3) is 0.929. The molecule has 1 amide bonds. The summed E-state index contributed by atoms with van der Waals surface area (Å²) in [6, 6.07) is 0. The number of hydrogen-bond donors (Lipinski definition) is 2. The Morgan fingerprint density at radius 1 is 1.39 bits per heavy atom. The lowest BCUT2D eigenvalue weighted by Crippen LogP contribution is -2.50. The van der Waals surface area contributed by atoms with Crippen molar-refractivity contribution in [1.29, 1.82) is 0 Å². The van der Waals surface area contributed by atoms with Gasteiger partial charge in [-0.25, -0.2) is 0 Å². The van der Waals surface area contributed by atoms with E-state index in [4.69, 9.17) is 0 Å². The molecule has 1 fully saturated rings. The molecule has 0 bridgehead atoms. The molecule has 106 valence electrons. The summed E-state index contributed by atoms with van der Waals surface area (Å²) >= 11 is 1.90. The molecule has 2 N–H and O–H groups in total. The summed E-state index contributed by atoms with van der Waals surface area (Å²) in [7, 11) is 0. The van der Waals surface area contributed by atoms with Gasteiger partial charge in [0.1, 0.15) is 0 Å². The average Bonchev–Trinajstić information content (AvgIpc) is 2.43. The van der Waals surface area contributed by atoms with E-state index in [1.165, 1.54) is 18.6 Å². The van der Waals surface area contributed by atoms with Gasteiger partial charge in [0.15, 0.2) is 0 Å². The van der Waals surface area contributed by atoms with Gasteiger partial charge in [0, 0.05) is 13.1 Å². The molecule has 4 heteroatoms. The summed E-state index contributed by atoms with van der Waals surface area (Å²) in [5, 5.41) is 6.50. The second-order valence-corrected chi connectivity index (χ2v) is 6.21. The Balaban J connectivity index is 2.21. The number of carbonyl (C=O) groups is 1. The molecule has 1 unspecified atom stereocenters. The van der Waals surface area contributed by atoms with Gasteiger partial charge in [0.25, 0.3) is 0 Å². The first-order valence-electron chi connectivity index (χ1n) is 7.23. The zero-order valence-corrected chi connectivity index (χ0v) is 12.7. The Morgan fingerprint density at radius 3 is 2.83 bits per heavy atom. The molecule has 0 spiro atoms. The van der Waals surface area contributed by atoms with Crippen molar-refractivity contribution in [2.45, 2.75) is 45.4 Å². The summed E-state index contributed by atoms with van der Waals surface area (Å²) in [4.78, 5) is 12.3. The Labute approximate surface area is 116 Å². The summed E-state index contributed by atoms with van der Waals surface area (Å²) in [5.74, 6) is 1.50. The zero-order chi connectivity index (χ0) is 13.3. The maximum Gasteiger partial charge on any atom is 0.227 e. The number of amides is 1. The van der Waals surface area contributed by atoms with Gasteiger partial charge < -0.3 is 10.6 Å². The lowest BCUT2D eigenvalue weighted by atomic mass is 9.77. The van der Waals surface area contributed by atoms with Crippen LogP contribution in [0.1, 0.15) is 45.4 Å². The van der Waals surface area contributed by atoms with E-state index in [2.05, 4.69) is 23.8 Å². The number of piperidine rings is 1. The van der Waals surface area contributed by atoms with Crippen molar-refractivity contribution in [1.82, 2.24) is 10.6 Å². The number of hydrogen-bond acceptors (Lipinski definition) is 3. The van der Waals surface area contributed by atoms with E-state index in [-0.39, 0.29) is 11.3 Å². The maximum absolute atomic E-state index is 12.3. The number of thioether (sulfide) groups is 1. The number of unbranched alkanes of at least 4 members (excludes halogenated alkanes) is 2. The van der Waals surface area contributed by atoms with Gasteiger partial charge in [-0.1, -0.05) is 13.3 Å². The summed E-state index contributed by atoms with van der Waals surface area (Å²) in [6.07, 6.45) is 8.83. The number of nitrogens with one attached hydrogen (secondary N) is 2. The van der Waals surface area contributed by atoms with E-state index >= 15 is 0 Å². The predicted octanol–water partition coefficient (Wildman–Crippen LogP) is 2.42. The van der Waals surface area contributed by atoms with E-state index in [9.17, 15) is 4.79 Å². The van der Waals surface area contributed by atoms with Crippen molar-refractivity contribution in [3.8, 4) is 0 Å². The fourth-order valence-electron chi connectivity index (χ4n) is 2.56. The van der Waals surface area contributed by atoms with Crippen LogP contribution in [0.25, 0.3) is 0 Å². The monoisotopic (exact) mass is 272 g/mol. The molecule has 1 rings (SSSR count). The van der Waals surface area contributed by atoms with Crippen LogP contribution in [0.15, 0.2) is 0 Å². The highest BCUT2D eigenvalue weighted by Gasteiger charge is 2.37. The minimum Gasteiger partial charge on any atom is -0.356 e. The third kappa shape index (κ3) is 4.81. The smallest absolute Gasteiger partial charge is 0.227 e. The first kappa shape index (κ1) is 15.8. The summed E-state index contributed by atoms with van der Waals surface area (Å²) < 4.78 is 0. The molecule has 0 aromatic carbocycles. The average molecular weight is 272 g/mol. The van der Waals surface area contributed by atoms with Gasteiger partial charge in [-0.15, -0.1) is 0 Å². The van der Waals surface area contributed by atoms with Gasteiger partial charge in [-0.2, -0.15) is 11.8 Å². The second-order valence-electron chi connectivity index (χ2n) is 5.22. The molecule has 0 aromatic rings. The predicted molar refractivity (Wildman–Crippen MR) is 80.1 cm³/mol. The molecule has 1 atom stereocenters. The molecular weight excluding hydrogens is 244 g/mol. The lowest BCUT2D eigenvalue weighted by Gasteiger charge is -2.35. The topological polar surface area (TPSA) is 41.1 Å². The van der Waals surface area contributed by atoms with E-state index in [0.717, 1.165) is 45.3 Å². The quantitative estimate of drug-likeness (QED) is 0.667. The second kappa shape index (κ2) is 8.81. The Morgan fingerprint density at radius 2 is 2.22 bits per heavy atom.